The zero-order chi connectivity index (χ0) is 25.1. The van der Waals surface area contributed by atoms with Gasteiger partial charge in [-0.05, 0) is 49.9 Å². The molecule has 0 radical (unpaired) electrons. The van der Waals surface area contributed by atoms with Crippen LogP contribution in [0.1, 0.15) is 36.3 Å². The van der Waals surface area contributed by atoms with Crippen molar-refractivity contribution in [2.24, 2.45) is 11.8 Å². The molecule has 5 rings (SSSR count). The Morgan fingerprint density at radius 3 is 2.60 bits per heavy atom. The van der Waals surface area contributed by atoms with E-state index in [4.69, 9.17) is 0 Å². The van der Waals surface area contributed by atoms with Crippen LogP contribution in [0.15, 0.2) is 18.2 Å². The number of halogens is 4. The van der Waals surface area contributed by atoms with Crippen LogP contribution in [0, 0.1) is 31.5 Å². The van der Waals surface area contributed by atoms with Crippen LogP contribution >= 0.6 is 0 Å². The largest absolute Gasteiger partial charge is 0.451 e. The van der Waals surface area contributed by atoms with Gasteiger partial charge in [0.2, 0.25) is 11.7 Å². The minimum Gasteiger partial charge on any atom is -0.370 e. The summed E-state index contributed by atoms with van der Waals surface area (Å²) >= 11 is 0. The van der Waals surface area contributed by atoms with E-state index < -0.39 is 12.0 Å². The van der Waals surface area contributed by atoms with Crippen LogP contribution in [-0.2, 0) is 24.1 Å². The maximum atomic E-state index is 14.1. The van der Waals surface area contributed by atoms with Gasteiger partial charge in [0.15, 0.2) is 5.82 Å². The van der Waals surface area contributed by atoms with Crippen LogP contribution in [0.4, 0.5) is 23.2 Å². The number of piperidine rings is 1. The summed E-state index contributed by atoms with van der Waals surface area (Å²) in [5.41, 5.74) is 3.53. The third-order valence-electron chi connectivity index (χ3n) is 7.26. The van der Waals surface area contributed by atoms with Crippen molar-refractivity contribution in [3.05, 3.63) is 46.9 Å². The van der Waals surface area contributed by atoms with Gasteiger partial charge in [-0.1, -0.05) is 6.92 Å². The van der Waals surface area contributed by atoms with Crippen molar-refractivity contribution in [3.8, 4) is 0 Å². The Bertz CT molecular complexity index is 1300. The van der Waals surface area contributed by atoms with Gasteiger partial charge in [0.05, 0.1) is 17.7 Å². The maximum absolute atomic E-state index is 14.1. The summed E-state index contributed by atoms with van der Waals surface area (Å²) < 4.78 is 54.5. The lowest BCUT2D eigenvalue weighted by Gasteiger charge is -2.41. The quantitative estimate of drug-likeness (QED) is 0.506. The van der Waals surface area contributed by atoms with Crippen molar-refractivity contribution in [2.45, 2.75) is 46.5 Å². The van der Waals surface area contributed by atoms with E-state index in [-0.39, 0.29) is 49.0 Å². The number of hydrogen-bond acceptors (Lipinski definition) is 5. The second-order valence-corrected chi connectivity index (χ2v) is 9.50. The molecule has 3 aromatic rings. The molecule has 2 aromatic heterocycles. The maximum Gasteiger partial charge on any atom is 0.451 e. The minimum atomic E-state index is -4.57. The third kappa shape index (κ3) is 4.10. The molecule has 7 nitrogen and oxygen atoms in total. The Morgan fingerprint density at radius 2 is 1.89 bits per heavy atom. The number of amides is 1. The van der Waals surface area contributed by atoms with Gasteiger partial charge in [-0.25, -0.2) is 4.39 Å². The number of pyridine rings is 1. The molecular weight excluding hydrogens is 464 g/mol. The van der Waals surface area contributed by atoms with Crippen LogP contribution in [0.5, 0.6) is 0 Å². The summed E-state index contributed by atoms with van der Waals surface area (Å²) in [5.74, 6) is -1.52. The van der Waals surface area contributed by atoms with Crippen LogP contribution in [0.3, 0.4) is 0 Å². The summed E-state index contributed by atoms with van der Waals surface area (Å²) in [6, 6.07) is 4.59. The standard InChI is InChI=1S/C24H26F4N6O/c1-13-11-32(21-14(2)15(3)29-19-5-4-16(25)10-18(19)21)7-6-17(13)22(35)33-8-9-34-20(12-33)30-31-23(34)24(26,27)28/h4-5,10,13,17H,6-9,11-12H2,1-3H3. The number of carbonyl (C=O) groups is 1. The number of aromatic nitrogens is 4. The second kappa shape index (κ2) is 8.46. The highest BCUT2D eigenvalue weighted by Crippen LogP contribution is 2.37. The smallest absolute Gasteiger partial charge is 0.370 e. The molecule has 2 aliphatic heterocycles. The Balaban J connectivity index is 1.34. The molecule has 0 bridgehead atoms. The summed E-state index contributed by atoms with van der Waals surface area (Å²) in [6.45, 7) is 7.35. The van der Waals surface area contributed by atoms with Gasteiger partial charge in [0, 0.05) is 43.2 Å². The molecule has 0 N–H and O–H groups in total. The first kappa shape index (κ1) is 23.5. The van der Waals surface area contributed by atoms with Crippen molar-refractivity contribution in [3.63, 3.8) is 0 Å². The van der Waals surface area contributed by atoms with E-state index in [0.29, 0.717) is 19.5 Å². The van der Waals surface area contributed by atoms with Crippen LogP contribution in [0.25, 0.3) is 10.9 Å². The van der Waals surface area contributed by atoms with E-state index in [0.717, 1.165) is 32.4 Å². The lowest BCUT2D eigenvalue weighted by Crippen LogP contribution is -2.49. The molecule has 186 valence electrons. The van der Waals surface area contributed by atoms with E-state index in [1.54, 1.807) is 11.0 Å². The predicted octanol–water partition coefficient (Wildman–Crippen LogP) is 4.11. The molecule has 1 amide bonds. The zero-order valence-corrected chi connectivity index (χ0v) is 19.7. The lowest BCUT2D eigenvalue weighted by molar-refractivity contribution is -0.148. The van der Waals surface area contributed by atoms with Crippen molar-refractivity contribution in [1.82, 2.24) is 24.6 Å². The van der Waals surface area contributed by atoms with E-state index in [9.17, 15) is 22.4 Å². The molecule has 2 aliphatic rings. The van der Waals surface area contributed by atoms with Gasteiger partial charge in [-0.15, -0.1) is 10.2 Å². The van der Waals surface area contributed by atoms with Crippen molar-refractivity contribution in [1.29, 1.82) is 0 Å². The third-order valence-corrected chi connectivity index (χ3v) is 7.26. The fraction of sp³-hybridized carbons (Fsp3) is 0.500. The van der Waals surface area contributed by atoms with E-state index >= 15 is 0 Å². The number of rotatable bonds is 2. The SMILES string of the molecule is Cc1nc2ccc(F)cc2c(N2CCC(C(=O)N3CCn4c(nnc4C(F)(F)F)C3)C(C)C2)c1C. The topological polar surface area (TPSA) is 67.2 Å². The van der Waals surface area contributed by atoms with Gasteiger partial charge in [-0.2, -0.15) is 13.2 Å². The average molecular weight is 491 g/mol. The Hall–Kier alpha value is -3.24. The molecule has 11 heteroatoms. The first-order valence-corrected chi connectivity index (χ1v) is 11.6. The van der Waals surface area contributed by atoms with Crippen LogP contribution in [0.2, 0.25) is 0 Å². The molecule has 0 aliphatic carbocycles. The highest BCUT2D eigenvalue weighted by molar-refractivity contribution is 5.94. The molecule has 0 spiro atoms. The molecule has 35 heavy (non-hydrogen) atoms. The summed E-state index contributed by atoms with van der Waals surface area (Å²) in [6.07, 6.45) is -3.98. The minimum absolute atomic E-state index is 0.00161. The molecule has 2 atom stereocenters. The monoisotopic (exact) mass is 490 g/mol. The second-order valence-electron chi connectivity index (χ2n) is 9.50. The lowest BCUT2D eigenvalue weighted by atomic mass is 9.85. The zero-order valence-electron chi connectivity index (χ0n) is 19.7. The predicted molar refractivity (Wildman–Crippen MR) is 121 cm³/mol. The Kier molecular flexibility index (Phi) is 5.68. The number of nitrogens with zero attached hydrogens (tertiary/aromatic N) is 6. The molecule has 1 fully saturated rings. The first-order valence-electron chi connectivity index (χ1n) is 11.6. The molecular formula is C24H26F4N6O. The Morgan fingerprint density at radius 1 is 1.11 bits per heavy atom. The van der Waals surface area contributed by atoms with Gasteiger partial charge >= 0.3 is 6.18 Å². The van der Waals surface area contributed by atoms with Gasteiger partial charge < -0.3 is 14.4 Å². The Labute approximate surface area is 199 Å². The van der Waals surface area contributed by atoms with Crippen molar-refractivity contribution >= 4 is 22.5 Å². The molecule has 2 unspecified atom stereocenters. The van der Waals surface area contributed by atoms with E-state index in [2.05, 4.69) is 20.1 Å². The molecule has 0 saturated carbocycles. The highest BCUT2D eigenvalue weighted by atomic mass is 19.4. The van der Waals surface area contributed by atoms with Crippen molar-refractivity contribution in [2.75, 3.05) is 24.5 Å². The number of hydrogen-bond donors (Lipinski definition) is 0. The number of aryl methyl sites for hydroxylation is 1. The highest BCUT2D eigenvalue weighted by Gasteiger charge is 2.41. The van der Waals surface area contributed by atoms with E-state index in [1.807, 2.05) is 20.8 Å². The number of alkyl halides is 3. The number of anilines is 1. The summed E-state index contributed by atoms with van der Waals surface area (Å²) in [7, 11) is 0. The van der Waals surface area contributed by atoms with Gasteiger partial charge in [-0.3, -0.25) is 9.78 Å². The molecule has 4 heterocycles. The average Bonchev–Trinajstić information content (AvgIpc) is 3.24. The fourth-order valence-corrected chi connectivity index (χ4v) is 5.35. The summed E-state index contributed by atoms with van der Waals surface area (Å²) in [4.78, 5) is 21.7. The number of fused-ring (bicyclic) bond motifs is 2. The number of benzene rings is 1. The fourth-order valence-electron chi connectivity index (χ4n) is 5.35. The van der Waals surface area contributed by atoms with Crippen molar-refractivity contribution < 1.29 is 22.4 Å². The summed E-state index contributed by atoms with van der Waals surface area (Å²) in [5, 5.41) is 7.72. The van der Waals surface area contributed by atoms with Gasteiger partial charge in [0.25, 0.3) is 0 Å². The number of carbonyl (C=O) groups excluding carboxylic acids is 1. The van der Waals surface area contributed by atoms with Crippen LogP contribution in [-0.4, -0.2) is 50.2 Å². The van der Waals surface area contributed by atoms with Crippen LogP contribution < -0.4 is 4.90 Å². The first-order chi connectivity index (χ1) is 16.5. The molecule has 1 aromatic carbocycles. The normalized spacial score (nSPS) is 20.9. The molecule has 1 saturated heterocycles. The van der Waals surface area contributed by atoms with E-state index in [1.165, 1.54) is 12.1 Å². The van der Waals surface area contributed by atoms with Gasteiger partial charge in [0.1, 0.15) is 5.82 Å².